The molecule has 0 aromatic heterocycles. The summed E-state index contributed by atoms with van der Waals surface area (Å²) < 4.78 is 40.5. The van der Waals surface area contributed by atoms with Crippen molar-refractivity contribution in [2.75, 3.05) is 19.4 Å². The maximum absolute atomic E-state index is 13.5. The predicted octanol–water partition coefficient (Wildman–Crippen LogP) is 6.73. The van der Waals surface area contributed by atoms with Gasteiger partial charge in [0.15, 0.2) is 0 Å². The molecule has 1 fully saturated rings. The number of nitrogens with one attached hydrogen (secondary N) is 2. The molecule has 0 bridgehead atoms. The minimum Gasteiger partial charge on any atom is -0.382 e. The lowest BCUT2D eigenvalue weighted by molar-refractivity contribution is -0.137. The van der Waals surface area contributed by atoms with Gasteiger partial charge in [0.25, 0.3) is 5.91 Å². The van der Waals surface area contributed by atoms with Gasteiger partial charge in [0.2, 0.25) is 0 Å². The van der Waals surface area contributed by atoms with E-state index in [9.17, 15) is 18.0 Å². The number of rotatable bonds is 6. The zero-order valence-corrected chi connectivity index (χ0v) is 20.5. The van der Waals surface area contributed by atoms with Crippen LogP contribution in [0, 0.1) is 0 Å². The maximum atomic E-state index is 13.5. The Bertz CT molecular complexity index is 1190. The largest absolute Gasteiger partial charge is 0.416 e. The van der Waals surface area contributed by atoms with E-state index in [4.69, 9.17) is 11.6 Å². The van der Waals surface area contributed by atoms with Crippen molar-refractivity contribution in [3.63, 3.8) is 0 Å². The molecule has 2 atom stereocenters. The zero-order chi connectivity index (χ0) is 25.2. The van der Waals surface area contributed by atoms with E-state index < -0.39 is 11.7 Å². The van der Waals surface area contributed by atoms with Crippen LogP contribution < -0.4 is 10.6 Å². The summed E-state index contributed by atoms with van der Waals surface area (Å²) in [6.45, 7) is 0.799. The SMILES string of the molecule is CN(C)Cc1ccc(C(=O)N[C@@H]2CCC[C@H](Nc3cc(C(F)(F)F)cc4ccc(Cl)cc34)C2)cc1. The van der Waals surface area contributed by atoms with Gasteiger partial charge in [-0.1, -0.05) is 29.8 Å². The lowest BCUT2D eigenvalue weighted by atomic mass is 9.90. The molecule has 0 saturated heterocycles. The molecule has 2 N–H and O–H groups in total. The number of nitrogens with zero attached hydrogens (tertiary/aromatic N) is 1. The van der Waals surface area contributed by atoms with E-state index in [1.807, 2.05) is 38.4 Å². The van der Waals surface area contributed by atoms with Gasteiger partial charge in [0, 0.05) is 40.3 Å². The van der Waals surface area contributed by atoms with Gasteiger partial charge in [-0.3, -0.25) is 4.79 Å². The first-order chi connectivity index (χ1) is 16.6. The molecule has 8 heteroatoms. The molecule has 0 unspecified atom stereocenters. The predicted molar refractivity (Wildman–Crippen MR) is 135 cm³/mol. The molecule has 3 aromatic rings. The molecule has 4 rings (SSSR count). The maximum Gasteiger partial charge on any atom is 0.416 e. The molecule has 1 aliphatic rings. The van der Waals surface area contributed by atoms with Crippen molar-refractivity contribution in [1.29, 1.82) is 0 Å². The van der Waals surface area contributed by atoms with Gasteiger partial charge in [0.05, 0.1) is 5.56 Å². The van der Waals surface area contributed by atoms with E-state index in [2.05, 4.69) is 15.5 Å². The summed E-state index contributed by atoms with van der Waals surface area (Å²) >= 11 is 6.14. The first kappa shape index (κ1) is 25.3. The van der Waals surface area contributed by atoms with Crippen LogP contribution in [0.2, 0.25) is 5.02 Å². The molecule has 4 nitrogen and oxygen atoms in total. The van der Waals surface area contributed by atoms with Crippen molar-refractivity contribution in [2.45, 2.75) is 50.5 Å². The highest BCUT2D eigenvalue weighted by molar-refractivity contribution is 6.31. The van der Waals surface area contributed by atoms with Crippen molar-refractivity contribution in [3.05, 3.63) is 76.3 Å². The average Bonchev–Trinajstić information content (AvgIpc) is 2.79. The first-order valence-electron chi connectivity index (χ1n) is 11.7. The molecule has 1 amide bonds. The summed E-state index contributed by atoms with van der Waals surface area (Å²) in [5.74, 6) is -0.136. The lowest BCUT2D eigenvalue weighted by Gasteiger charge is -2.31. The fourth-order valence-electron chi connectivity index (χ4n) is 4.68. The molecule has 35 heavy (non-hydrogen) atoms. The van der Waals surface area contributed by atoms with Crippen LogP contribution in [0.5, 0.6) is 0 Å². The Balaban J connectivity index is 1.47. The van der Waals surface area contributed by atoms with Gasteiger partial charge in [0.1, 0.15) is 0 Å². The number of hydrogen-bond donors (Lipinski definition) is 2. The fourth-order valence-corrected chi connectivity index (χ4v) is 4.85. The molecular formula is C27H29ClF3N3O. The van der Waals surface area contributed by atoms with Crippen LogP contribution in [0.25, 0.3) is 10.8 Å². The van der Waals surface area contributed by atoms with Gasteiger partial charge in [-0.25, -0.2) is 0 Å². The number of hydrogen-bond acceptors (Lipinski definition) is 3. The Morgan fingerprint density at radius 3 is 2.43 bits per heavy atom. The highest BCUT2D eigenvalue weighted by Crippen LogP contribution is 2.37. The number of fused-ring (bicyclic) bond motifs is 1. The number of halogens is 4. The van der Waals surface area contributed by atoms with Gasteiger partial charge in [-0.15, -0.1) is 0 Å². The van der Waals surface area contributed by atoms with Gasteiger partial charge in [-0.2, -0.15) is 13.2 Å². The second-order valence-corrected chi connectivity index (χ2v) is 9.94. The third-order valence-corrected chi connectivity index (χ3v) is 6.56. The van der Waals surface area contributed by atoms with Crippen molar-refractivity contribution >= 4 is 34.0 Å². The van der Waals surface area contributed by atoms with E-state index in [1.165, 1.54) is 0 Å². The van der Waals surface area contributed by atoms with Gasteiger partial charge >= 0.3 is 6.18 Å². The van der Waals surface area contributed by atoms with Crippen LogP contribution in [0.15, 0.2) is 54.6 Å². The summed E-state index contributed by atoms with van der Waals surface area (Å²) in [5.41, 5.74) is 1.43. The van der Waals surface area contributed by atoms with E-state index in [-0.39, 0.29) is 18.0 Å². The van der Waals surface area contributed by atoms with E-state index in [1.54, 1.807) is 18.2 Å². The first-order valence-corrected chi connectivity index (χ1v) is 12.1. The number of carbonyl (C=O) groups is 1. The van der Waals surface area contributed by atoms with Crippen LogP contribution >= 0.6 is 11.6 Å². The van der Waals surface area contributed by atoms with Crippen molar-refractivity contribution < 1.29 is 18.0 Å². The van der Waals surface area contributed by atoms with Crippen molar-refractivity contribution in [2.24, 2.45) is 0 Å². The summed E-state index contributed by atoms with van der Waals surface area (Å²) in [6, 6.07) is 14.6. The molecule has 186 valence electrons. The number of amides is 1. The number of benzene rings is 3. The molecule has 0 aliphatic heterocycles. The second kappa shape index (κ2) is 10.5. The van der Waals surface area contributed by atoms with E-state index >= 15 is 0 Å². The Morgan fingerprint density at radius 1 is 1.03 bits per heavy atom. The molecule has 0 spiro atoms. The monoisotopic (exact) mass is 503 g/mol. The second-order valence-electron chi connectivity index (χ2n) is 9.50. The van der Waals surface area contributed by atoms with E-state index in [0.717, 1.165) is 43.5 Å². The minimum atomic E-state index is -4.45. The summed E-state index contributed by atoms with van der Waals surface area (Å²) in [5, 5.41) is 8.01. The van der Waals surface area contributed by atoms with Crippen LogP contribution in [0.3, 0.4) is 0 Å². The van der Waals surface area contributed by atoms with Crippen LogP contribution in [-0.4, -0.2) is 37.0 Å². The number of carbonyl (C=O) groups excluding carboxylic acids is 1. The fraction of sp³-hybridized carbons (Fsp3) is 0.370. The van der Waals surface area contributed by atoms with Gasteiger partial charge < -0.3 is 15.5 Å². The number of alkyl halides is 3. The molecule has 3 aromatic carbocycles. The van der Waals surface area contributed by atoms with Crippen molar-refractivity contribution in [3.8, 4) is 0 Å². The smallest absolute Gasteiger partial charge is 0.382 e. The molecule has 0 radical (unpaired) electrons. The van der Waals surface area contributed by atoms with E-state index in [0.29, 0.717) is 33.5 Å². The Kier molecular flexibility index (Phi) is 7.57. The van der Waals surface area contributed by atoms with Gasteiger partial charge in [-0.05, 0) is 87.1 Å². The molecular weight excluding hydrogens is 475 g/mol. The Morgan fingerprint density at radius 2 is 1.74 bits per heavy atom. The Hall–Kier alpha value is -2.77. The highest BCUT2D eigenvalue weighted by atomic mass is 35.5. The lowest BCUT2D eigenvalue weighted by Crippen LogP contribution is -2.41. The average molecular weight is 504 g/mol. The third-order valence-electron chi connectivity index (χ3n) is 6.33. The van der Waals surface area contributed by atoms with Crippen LogP contribution in [0.4, 0.5) is 18.9 Å². The number of anilines is 1. The van der Waals surface area contributed by atoms with Crippen molar-refractivity contribution in [1.82, 2.24) is 10.2 Å². The Labute approximate surface area is 208 Å². The minimum absolute atomic E-state index is 0.0594. The zero-order valence-electron chi connectivity index (χ0n) is 19.8. The molecule has 1 saturated carbocycles. The topological polar surface area (TPSA) is 44.4 Å². The quantitative estimate of drug-likeness (QED) is 0.392. The molecule has 1 aliphatic carbocycles. The van der Waals surface area contributed by atoms with Crippen LogP contribution in [-0.2, 0) is 12.7 Å². The normalized spacial score (nSPS) is 18.6. The third kappa shape index (κ3) is 6.47. The van der Waals surface area contributed by atoms with Crippen LogP contribution in [0.1, 0.15) is 47.2 Å². The summed E-state index contributed by atoms with van der Waals surface area (Å²) in [7, 11) is 3.98. The summed E-state index contributed by atoms with van der Waals surface area (Å²) in [4.78, 5) is 14.9. The molecule has 0 heterocycles. The summed E-state index contributed by atoms with van der Waals surface area (Å²) in [6.07, 6.45) is -1.32. The highest BCUT2D eigenvalue weighted by Gasteiger charge is 2.32. The standard InChI is InChI=1S/C27H29ClF3N3O/c1-34(2)16-17-6-8-18(9-7-17)26(35)33-23-5-3-4-22(15-23)32-25-13-20(27(29,30)31)12-19-10-11-21(28)14-24(19)25/h6-14,22-23,32H,3-5,15-16H2,1-2H3,(H,33,35)/t22-,23+/m0/s1.